The van der Waals surface area contributed by atoms with Crippen LogP contribution in [-0.2, 0) is 26.4 Å². The summed E-state index contributed by atoms with van der Waals surface area (Å²) < 4.78 is 28.8. The zero-order valence-electron chi connectivity index (χ0n) is 15.4. The summed E-state index contributed by atoms with van der Waals surface area (Å²) in [6, 6.07) is 9.42. The van der Waals surface area contributed by atoms with Crippen molar-refractivity contribution in [1.29, 1.82) is 0 Å². The second-order valence-corrected chi connectivity index (χ2v) is 7.25. The number of H-pyrrole nitrogens is 1. The maximum Gasteiger partial charge on any atom is 0.322 e. The Kier molecular flexibility index (Phi) is 7.05. The Morgan fingerprint density at radius 2 is 1.93 bits per heavy atom. The lowest BCUT2D eigenvalue weighted by molar-refractivity contribution is 0.0543. The molecule has 0 fully saturated rings. The van der Waals surface area contributed by atoms with Crippen LogP contribution in [0.5, 0.6) is 5.75 Å². The Labute approximate surface area is 161 Å². The minimum atomic E-state index is -1.32. The number of nitrogens with zero attached hydrogens (tertiary/aromatic N) is 2. The van der Waals surface area contributed by atoms with Crippen LogP contribution in [-0.4, -0.2) is 53.0 Å². The summed E-state index contributed by atoms with van der Waals surface area (Å²) in [4.78, 5) is 11.9. The Morgan fingerprint density at radius 3 is 2.74 bits per heavy atom. The molecule has 0 aliphatic heterocycles. The molecule has 2 heterocycles. The summed E-state index contributed by atoms with van der Waals surface area (Å²) in [5.74, 6) is 0.990. The van der Waals surface area contributed by atoms with Crippen LogP contribution in [0.1, 0.15) is 11.3 Å². The van der Waals surface area contributed by atoms with Gasteiger partial charge >= 0.3 is 5.16 Å². The monoisotopic (exact) mass is 389 g/mol. The van der Waals surface area contributed by atoms with Crippen LogP contribution in [0.4, 0.5) is 0 Å². The Hall–Kier alpha value is -2.13. The lowest BCUT2D eigenvalue weighted by atomic mass is 10.2. The molecule has 0 amide bonds. The van der Waals surface area contributed by atoms with E-state index in [-0.39, 0.29) is 5.75 Å². The number of methoxy groups -OCH3 is 1. The summed E-state index contributed by atoms with van der Waals surface area (Å²) in [5, 5.41) is 0.454. The fraction of sp³-hybridized carbons (Fsp3) is 0.368. The van der Waals surface area contributed by atoms with Gasteiger partial charge in [-0.3, -0.25) is 9.97 Å². The average molecular weight is 389 g/mol. The number of aromatic amines is 1. The summed E-state index contributed by atoms with van der Waals surface area (Å²) in [6.07, 6.45) is 1.67. The highest BCUT2D eigenvalue weighted by molar-refractivity contribution is 7.90. The third kappa shape index (κ3) is 5.20. The topological polar surface area (TPSA) is 92.3 Å². The molecule has 0 saturated heterocycles. The van der Waals surface area contributed by atoms with Crippen molar-refractivity contribution in [3.8, 4) is 5.75 Å². The van der Waals surface area contributed by atoms with Gasteiger partial charge in [-0.15, -0.1) is 0 Å². The zero-order chi connectivity index (χ0) is 19.1. The maximum atomic E-state index is 12.7. The van der Waals surface area contributed by atoms with Gasteiger partial charge in [0.2, 0.25) is 0 Å². The molecule has 0 radical (unpaired) electrons. The Morgan fingerprint density at radius 1 is 1.11 bits per heavy atom. The lowest BCUT2D eigenvalue weighted by Gasteiger charge is -2.13. The van der Waals surface area contributed by atoms with Crippen LogP contribution in [0, 0.1) is 6.92 Å². The van der Waals surface area contributed by atoms with Crippen molar-refractivity contribution in [1.82, 2.24) is 15.0 Å². The van der Waals surface area contributed by atoms with Gasteiger partial charge in [0.25, 0.3) is 0 Å². The van der Waals surface area contributed by atoms with E-state index in [9.17, 15) is 4.55 Å². The van der Waals surface area contributed by atoms with Crippen molar-refractivity contribution >= 4 is 22.2 Å². The lowest BCUT2D eigenvalue weighted by Crippen LogP contribution is -2.12. The van der Waals surface area contributed by atoms with E-state index in [0.717, 1.165) is 28.0 Å². The highest BCUT2D eigenvalue weighted by Crippen LogP contribution is 2.23. The van der Waals surface area contributed by atoms with Crippen LogP contribution >= 0.6 is 0 Å². The van der Waals surface area contributed by atoms with E-state index in [1.54, 1.807) is 19.4 Å². The number of nitrogens with one attached hydrogen (secondary N) is 1. The second-order valence-electron chi connectivity index (χ2n) is 5.88. The highest BCUT2D eigenvalue weighted by Gasteiger charge is 2.20. The van der Waals surface area contributed by atoms with Crippen LogP contribution in [0.25, 0.3) is 11.0 Å². The number of rotatable bonds is 10. The van der Waals surface area contributed by atoms with Crippen molar-refractivity contribution in [2.24, 2.45) is 0 Å². The van der Waals surface area contributed by atoms with Gasteiger partial charge in [0, 0.05) is 30.0 Å². The number of pyridine rings is 1. The molecule has 1 atom stereocenters. The van der Waals surface area contributed by atoms with E-state index in [2.05, 4.69) is 15.0 Å². The molecule has 0 bridgehead atoms. The second kappa shape index (κ2) is 9.70. The molecule has 3 rings (SSSR count). The fourth-order valence-corrected chi connectivity index (χ4v) is 3.65. The molecule has 1 unspecified atom stereocenters. The third-order valence-corrected chi connectivity index (χ3v) is 5.19. The summed E-state index contributed by atoms with van der Waals surface area (Å²) >= 11 is -1.32. The van der Waals surface area contributed by atoms with E-state index in [1.165, 1.54) is 0 Å². The Bertz CT molecular complexity index is 838. The molecule has 8 heteroatoms. The first kappa shape index (κ1) is 19.6. The fourth-order valence-electron chi connectivity index (χ4n) is 2.55. The zero-order valence-corrected chi connectivity index (χ0v) is 16.3. The molecule has 27 heavy (non-hydrogen) atoms. The van der Waals surface area contributed by atoms with Gasteiger partial charge < -0.3 is 18.8 Å². The van der Waals surface area contributed by atoms with E-state index < -0.39 is 11.2 Å². The predicted octanol–water partition coefficient (Wildman–Crippen LogP) is 2.62. The highest BCUT2D eigenvalue weighted by atomic mass is 32.2. The molecular weight excluding hydrogens is 366 g/mol. The van der Waals surface area contributed by atoms with Gasteiger partial charge in [-0.2, -0.15) is 4.98 Å². The molecular formula is C19H23N3O4S. The smallest absolute Gasteiger partial charge is 0.322 e. The molecule has 0 spiro atoms. The van der Waals surface area contributed by atoms with Gasteiger partial charge in [-0.05, 0) is 25.1 Å². The van der Waals surface area contributed by atoms with Crippen LogP contribution < -0.4 is 4.74 Å². The number of para-hydroxylation sites is 2. The van der Waals surface area contributed by atoms with Crippen LogP contribution in [0.2, 0.25) is 0 Å². The first-order valence-electron chi connectivity index (χ1n) is 8.66. The molecule has 1 aromatic carbocycles. The molecule has 1 N–H and O–H groups in total. The number of hydrogen-bond donors (Lipinski definition) is 1. The van der Waals surface area contributed by atoms with Gasteiger partial charge in [0.1, 0.15) is 12.4 Å². The quantitative estimate of drug-likeness (QED) is 0.423. The summed E-state index contributed by atoms with van der Waals surface area (Å²) in [6.45, 7) is 3.92. The van der Waals surface area contributed by atoms with E-state index >= 15 is 0 Å². The summed E-state index contributed by atoms with van der Waals surface area (Å²) in [7, 11) is 1.64. The van der Waals surface area contributed by atoms with E-state index in [1.807, 2.05) is 31.2 Å². The van der Waals surface area contributed by atoms with Crippen molar-refractivity contribution in [3.05, 3.63) is 47.8 Å². The number of hydrogen-bond acceptors (Lipinski definition) is 6. The number of benzene rings is 1. The number of fused-ring (bicyclic) bond motifs is 1. The van der Waals surface area contributed by atoms with Crippen molar-refractivity contribution in [2.45, 2.75) is 17.8 Å². The first-order valence-corrected chi connectivity index (χ1v) is 9.98. The van der Waals surface area contributed by atoms with Crippen molar-refractivity contribution in [3.63, 3.8) is 0 Å². The molecule has 7 nitrogen and oxygen atoms in total. The molecule has 0 saturated carbocycles. The minimum Gasteiger partial charge on any atom is -0.609 e. The van der Waals surface area contributed by atoms with Crippen molar-refractivity contribution < 1.29 is 18.8 Å². The van der Waals surface area contributed by atoms with Crippen LogP contribution in [0.15, 0.2) is 41.7 Å². The number of imidazole rings is 1. The standard InChI is InChI=1S/C19H23N3O4S/c1-14-17(20-8-7-18(14)26-12-11-25-10-9-24-2)13-27(23)19-21-15-5-3-4-6-16(15)22-19/h3-8H,9-13H2,1-2H3,(H,21,22). The molecule has 144 valence electrons. The van der Waals surface area contributed by atoms with E-state index in [0.29, 0.717) is 31.6 Å². The third-order valence-electron chi connectivity index (χ3n) is 4.03. The van der Waals surface area contributed by atoms with Gasteiger partial charge in [0.05, 0.1) is 36.5 Å². The Balaban J connectivity index is 1.61. The SMILES string of the molecule is COCCOCCOc1ccnc(C[S+]([O-])c2nc3ccccc3[nH]2)c1C. The summed E-state index contributed by atoms with van der Waals surface area (Å²) in [5.41, 5.74) is 3.28. The number of aromatic nitrogens is 3. The maximum absolute atomic E-state index is 12.7. The van der Waals surface area contributed by atoms with Gasteiger partial charge in [-0.25, -0.2) is 0 Å². The van der Waals surface area contributed by atoms with Crippen molar-refractivity contribution in [2.75, 3.05) is 33.5 Å². The average Bonchev–Trinajstić information content (AvgIpc) is 3.11. The predicted molar refractivity (Wildman–Crippen MR) is 103 cm³/mol. The molecule has 2 aromatic heterocycles. The molecule has 3 aromatic rings. The largest absolute Gasteiger partial charge is 0.609 e. The van der Waals surface area contributed by atoms with E-state index in [4.69, 9.17) is 14.2 Å². The van der Waals surface area contributed by atoms with Crippen LogP contribution in [0.3, 0.4) is 0 Å². The normalized spacial score (nSPS) is 12.4. The van der Waals surface area contributed by atoms with Gasteiger partial charge in [0.15, 0.2) is 5.75 Å². The van der Waals surface area contributed by atoms with Gasteiger partial charge in [-0.1, -0.05) is 12.1 Å². The number of ether oxygens (including phenoxy) is 3. The molecule has 0 aliphatic carbocycles. The molecule has 0 aliphatic rings. The minimum absolute atomic E-state index is 0.271. The first-order chi connectivity index (χ1) is 13.2.